The lowest BCUT2D eigenvalue weighted by atomic mass is 10.2. The third-order valence-corrected chi connectivity index (χ3v) is 2.00. The van der Waals surface area contributed by atoms with E-state index < -0.39 is 5.97 Å². The highest BCUT2D eigenvalue weighted by molar-refractivity contribution is 5.79. The SMILES string of the molecule is O=C(O)/C=C/CNCC1CCC(=O)N1. The molecule has 0 aromatic heterocycles. The standard InChI is InChI=1S/C9H14N2O3/c12-8-4-3-7(11-8)6-10-5-1-2-9(13)14/h1-2,7,10H,3-6H2,(H,11,12)(H,13,14)/b2-1+. The Morgan fingerprint density at radius 2 is 2.50 bits per heavy atom. The van der Waals surface area contributed by atoms with Crippen molar-refractivity contribution in [2.24, 2.45) is 0 Å². The molecular formula is C9H14N2O3. The topological polar surface area (TPSA) is 78.4 Å². The molecule has 0 bridgehead atoms. The predicted molar refractivity (Wildman–Crippen MR) is 50.8 cm³/mol. The van der Waals surface area contributed by atoms with Gasteiger partial charge >= 0.3 is 5.97 Å². The number of hydrogen-bond donors (Lipinski definition) is 3. The number of amides is 1. The Hall–Kier alpha value is -1.36. The zero-order valence-corrected chi connectivity index (χ0v) is 7.82. The fraction of sp³-hybridized carbons (Fsp3) is 0.556. The highest BCUT2D eigenvalue weighted by Crippen LogP contribution is 2.04. The molecule has 1 unspecified atom stereocenters. The lowest BCUT2D eigenvalue weighted by molar-refractivity contribution is -0.131. The zero-order valence-electron chi connectivity index (χ0n) is 7.82. The fourth-order valence-corrected chi connectivity index (χ4v) is 1.33. The minimum atomic E-state index is -0.944. The fourth-order valence-electron chi connectivity index (χ4n) is 1.33. The van der Waals surface area contributed by atoms with Gasteiger partial charge in [0.05, 0.1) is 0 Å². The van der Waals surface area contributed by atoms with Crippen LogP contribution >= 0.6 is 0 Å². The maximum Gasteiger partial charge on any atom is 0.328 e. The summed E-state index contributed by atoms with van der Waals surface area (Å²) in [5, 5.41) is 14.1. The quantitative estimate of drug-likeness (QED) is 0.411. The summed E-state index contributed by atoms with van der Waals surface area (Å²) in [7, 11) is 0. The van der Waals surface area contributed by atoms with Crippen LogP contribution in [0.1, 0.15) is 12.8 Å². The predicted octanol–water partition coefficient (Wildman–Crippen LogP) is -0.505. The van der Waals surface area contributed by atoms with Gasteiger partial charge in [0, 0.05) is 31.6 Å². The van der Waals surface area contributed by atoms with Crippen molar-refractivity contribution in [3.8, 4) is 0 Å². The van der Waals surface area contributed by atoms with Crippen LogP contribution in [0.4, 0.5) is 0 Å². The van der Waals surface area contributed by atoms with Gasteiger partial charge in [-0.3, -0.25) is 4.79 Å². The van der Waals surface area contributed by atoms with Gasteiger partial charge in [0.1, 0.15) is 0 Å². The van der Waals surface area contributed by atoms with Gasteiger partial charge < -0.3 is 15.7 Å². The zero-order chi connectivity index (χ0) is 10.4. The van der Waals surface area contributed by atoms with Gasteiger partial charge in [-0.2, -0.15) is 0 Å². The lowest BCUT2D eigenvalue weighted by Gasteiger charge is -2.09. The molecule has 3 N–H and O–H groups in total. The summed E-state index contributed by atoms with van der Waals surface area (Å²) in [6, 6.07) is 0.195. The molecule has 0 saturated carbocycles. The molecule has 1 rings (SSSR count). The molecule has 1 atom stereocenters. The van der Waals surface area contributed by atoms with E-state index in [4.69, 9.17) is 5.11 Å². The van der Waals surface area contributed by atoms with Crippen molar-refractivity contribution in [1.29, 1.82) is 0 Å². The van der Waals surface area contributed by atoms with E-state index in [2.05, 4.69) is 10.6 Å². The van der Waals surface area contributed by atoms with E-state index in [9.17, 15) is 9.59 Å². The molecule has 1 saturated heterocycles. The average Bonchev–Trinajstić information content (AvgIpc) is 2.50. The van der Waals surface area contributed by atoms with Crippen molar-refractivity contribution in [1.82, 2.24) is 10.6 Å². The first kappa shape index (κ1) is 10.7. The molecule has 78 valence electrons. The summed E-state index contributed by atoms with van der Waals surface area (Å²) in [5.74, 6) is -0.848. The van der Waals surface area contributed by atoms with E-state index in [1.54, 1.807) is 6.08 Å². The molecule has 0 radical (unpaired) electrons. The number of carbonyl (C=O) groups excluding carboxylic acids is 1. The van der Waals surface area contributed by atoms with Crippen LogP contribution < -0.4 is 10.6 Å². The van der Waals surface area contributed by atoms with E-state index in [0.29, 0.717) is 19.5 Å². The summed E-state index contributed by atoms with van der Waals surface area (Å²) in [6.45, 7) is 1.20. The molecule has 1 amide bonds. The van der Waals surface area contributed by atoms with E-state index in [-0.39, 0.29) is 11.9 Å². The minimum absolute atomic E-state index is 0.0953. The van der Waals surface area contributed by atoms with Crippen LogP contribution in [-0.2, 0) is 9.59 Å². The first-order chi connectivity index (χ1) is 6.68. The minimum Gasteiger partial charge on any atom is -0.478 e. The average molecular weight is 198 g/mol. The van der Waals surface area contributed by atoms with Crippen molar-refractivity contribution in [3.05, 3.63) is 12.2 Å². The molecule has 0 aromatic carbocycles. The van der Waals surface area contributed by atoms with Gasteiger partial charge in [-0.15, -0.1) is 0 Å². The van der Waals surface area contributed by atoms with Gasteiger partial charge in [-0.25, -0.2) is 4.79 Å². The van der Waals surface area contributed by atoms with Crippen LogP contribution in [-0.4, -0.2) is 36.1 Å². The Kier molecular flexibility index (Phi) is 4.12. The molecule has 1 fully saturated rings. The van der Waals surface area contributed by atoms with Crippen molar-refractivity contribution in [3.63, 3.8) is 0 Å². The van der Waals surface area contributed by atoms with Crippen LogP contribution in [0.3, 0.4) is 0 Å². The molecule has 1 aliphatic rings. The number of aliphatic carboxylic acids is 1. The molecule has 0 aromatic rings. The van der Waals surface area contributed by atoms with Crippen molar-refractivity contribution in [2.45, 2.75) is 18.9 Å². The van der Waals surface area contributed by atoms with E-state index in [1.165, 1.54) is 0 Å². The molecule has 0 spiro atoms. The maximum absolute atomic E-state index is 10.8. The third-order valence-electron chi connectivity index (χ3n) is 2.00. The number of nitrogens with one attached hydrogen (secondary N) is 2. The Bertz CT molecular complexity index is 250. The Balaban J connectivity index is 2.04. The molecule has 1 heterocycles. The van der Waals surface area contributed by atoms with Gasteiger partial charge in [0.2, 0.25) is 5.91 Å². The Morgan fingerprint density at radius 1 is 1.71 bits per heavy atom. The summed E-state index contributed by atoms with van der Waals surface area (Å²) < 4.78 is 0. The molecule has 0 aliphatic carbocycles. The third kappa shape index (κ3) is 4.04. The Morgan fingerprint density at radius 3 is 3.07 bits per heavy atom. The van der Waals surface area contributed by atoms with Gasteiger partial charge in [0.25, 0.3) is 0 Å². The number of carboxylic acids is 1. The first-order valence-corrected chi connectivity index (χ1v) is 4.58. The van der Waals surface area contributed by atoms with Crippen LogP contribution in [0.15, 0.2) is 12.2 Å². The largest absolute Gasteiger partial charge is 0.478 e. The van der Waals surface area contributed by atoms with Crippen LogP contribution in [0.5, 0.6) is 0 Å². The van der Waals surface area contributed by atoms with Gasteiger partial charge in [-0.05, 0) is 6.42 Å². The molecule has 5 nitrogen and oxygen atoms in total. The Labute approximate surface area is 82.2 Å². The molecular weight excluding hydrogens is 184 g/mol. The first-order valence-electron chi connectivity index (χ1n) is 4.58. The second-order valence-corrected chi connectivity index (χ2v) is 3.20. The number of hydrogen-bond acceptors (Lipinski definition) is 3. The summed E-state index contributed by atoms with van der Waals surface area (Å²) >= 11 is 0. The van der Waals surface area contributed by atoms with Crippen LogP contribution in [0.2, 0.25) is 0 Å². The highest BCUT2D eigenvalue weighted by Gasteiger charge is 2.19. The van der Waals surface area contributed by atoms with Crippen molar-refractivity contribution < 1.29 is 14.7 Å². The van der Waals surface area contributed by atoms with Crippen LogP contribution in [0.25, 0.3) is 0 Å². The highest BCUT2D eigenvalue weighted by atomic mass is 16.4. The lowest BCUT2D eigenvalue weighted by Crippen LogP contribution is -2.35. The van der Waals surface area contributed by atoms with Crippen LogP contribution in [0, 0.1) is 0 Å². The summed E-state index contributed by atoms with van der Waals surface area (Å²) in [4.78, 5) is 20.9. The van der Waals surface area contributed by atoms with E-state index >= 15 is 0 Å². The number of carbonyl (C=O) groups is 2. The number of rotatable bonds is 5. The monoisotopic (exact) mass is 198 g/mol. The van der Waals surface area contributed by atoms with Crippen molar-refractivity contribution >= 4 is 11.9 Å². The van der Waals surface area contributed by atoms with E-state index in [0.717, 1.165) is 12.5 Å². The molecule has 1 aliphatic heterocycles. The van der Waals surface area contributed by atoms with Gasteiger partial charge in [0.15, 0.2) is 0 Å². The molecule has 5 heteroatoms. The normalized spacial score (nSPS) is 21.4. The summed E-state index contributed by atoms with van der Waals surface area (Å²) in [6.07, 6.45) is 4.09. The van der Waals surface area contributed by atoms with Crippen molar-refractivity contribution in [2.75, 3.05) is 13.1 Å². The maximum atomic E-state index is 10.8. The van der Waals surface area contributed by atoms with E-state index in [1.807, 2.05) is 0 Å². The smallest absolute Gasteiger partial charge is 0.328 e. The van der Waals surface area contributed by atoms with Gasteiger partial charge in [-0.1, -0.05) is 6.08 Å². The number of carboxylic acid groups (broad SMARTS) is 1. The second-order valence-electron chi connectivity index (χ2n) is 3.20. The second kappa shape index (κ2) is 5.39. The summed E-state index contributed by atoms with van der Waals surface area (Å²) in [5.41, 5.74) is 0. The molecule has 14 heavy (non-hydrogen) atoms.